The van der Waals surface area contributed by atoms with E-state index in [1.807, 2.05) is 64.4 Å². The quantitative estimate of drug-likeness (QED) is 0.0581. The molecular weight excluding hydrogens is 1020 g/mol. The van der Waals surface area contributed by atoms with Crippen LogP contribution in [0.15, 0.2) is 48.0 Å². The number of aliphatic hydroxyl groups is 1. The average molecular weight is 1080 g/mol. The summed E-state index contributed by atoms with van der Waals surface area (Å²) in [5.74, 6) is -1.71. The summed E-state index contributed by atoms with van der Waals surface area (Å²) in [4.78, 5) is 67.0. The largest absolute Gasteiger partial charge is 0.462 e. The molecule has 3 amide bonds. The number of aliphatic hydroxyl groups excluding tert-OH is 1. The standard InChI is InChI=1S/C54H64ClF2N11O5S2/c1-28(30-11-13-31(14-12-30)46-29(2)59-27-74-46)60-50(71)40-21-35(69)25-68(40)51(72)48(54(3,4)5)62-41(70)10-6-7-19-66-20-8-9-34(66)26-73-53-64-44-37(49(65-53)67-23-32-15-16-33(24-67)61-32)22-38(55)42(43(44)57)36-17-18-39(56)47-45(36)63-52(58)75-47/h11-14,17-18,22,27-28,32-35,40,48,61,69H,6-10,15-16,19-21,23-26H2,1-5H3,(H2,58,63)(H,60,71)(H,62,70)/t28-,32?,33?,34-,35+,40-,48+/m0/s1. The van der Waals surface area contributed by atoms with Gasteiger partial charge in [-0.2, -0.15) is 9.97 Å². The van der Waals surface area contributed by atoms with E-state index in [1.165, 1.54) is 17.0 Å². The van der Waals surface area contributed by atoms with E-state index < -0.39 is 41.1 Å². The lowest BCUT2D eigenvalue weighted by molar-refractivity contribution is -0.144. The van der Waals surface area contributed by atoms with Gasteiger partial charge in [-0.25, -0.2) is 18.7 Å². The lowest BCUT2D eigenvalue weighted by Gasteiger charge is -2.35. The lowest BCUT2D eigenvalue weighted by atomic mass is 9.85. The second-order valence-electron chi connectivity index (χ2n) is 21.6. The van der Waals surface area contributed by atoms with E-state index in [0.29, 0.717) is 49.2 Å². The number of nitrogens with two attached hydrogens (primary N) is 1. The Kier molecular flexibility index (Phi) is 15.3. The van der Waals surface area contributed by atoms with Gasteiger partial charge in [0.1, 0.15) is 35.8 Å². The molecule has 7 heterocycles. The Morgan fingerprint density at radius 1 is 1.00 bits per heavy atom. The number of fused-ring (bicyclic) bond motifs is 4. The molecule has 6 aromatic rings. The van der Waals surface area contributed by atoms with Crippen LogP contribution in [0, 0.1) is 24.0 Å². The second kappa shape index (κ2) is 21.8. The number of nitrogens with one attached hydrogen (secondary N) is 3. The van der Waals surface area contributed by atoms with Crippen LogP contribution in [0.3, 0.4) is 0 Å². The minimum absolute atomic E-state index is 0.0142. The fourth-order valence-corrected chi connectivity index (χ4v) is 13.1. The highest BCUT2D eigenvalue weighted by Crippen LogP contribution is 2.43. The summed E-state index contributed by atoms with van der Waals surface area (Å²) >= 11 is 9.47. The predicted molar refractivity (Wildman–Crippen MR) is 290 cm³/mol. The number of nitrogens with zero attached hydrogens (tertiary/aromatic N) is 7. The van der Waals surface area contributed by atoms with Crippen molar-refractivity contribution in [1.82, 2.24) is 45.7 Å². The molecule has 3 aromatic carbocycles. The molecule has 7 atom stereocenters. The summed E-state index contributed by atoms with van der Waals surface area (Å²) in [5, 5.41) is 21.2. The van der Waals surface area contributed by atoms with Crippen LogP contribution in [-0.4, -0.2) is 128 Å². The number of likely N-dealkylation sites (tertiary alicyclic amines) is 2. The molecule has 21 heteroatoms. The molecule has 4 saturated heterocycles. The molecule has 398 valence electrons. The molecule has 75 heavy (non-hydrogen) atoms. The van der Waals surface area contributed by atoms with Crippen molar-refractivity contribution >= 4 is 84.1 Å². The third kappa shape index (κ3) is 11.1. The normalized spacial score (nSPS) is 21.8. The summed E-state index contributed by atoms with van der Waals surface area (Å²) < 4.78 is 38.6. The number of aromatic nitrogens is 4. The predicted octanol–water partition coefficient (Wildman–Crippen LogP) is 8.18. The number of hydrogen-bond acceptors (Lipinski definition) is 15. The number of piperazine rings is 1. The maximum atomic E-state index is 17.1. The molecule has 2 unspecified atom stereocenters. The van der Waals surface area contributed by atoms with Crippen molar-refractivity contribution in [2.45, 2.75) is 128 Å². The Morgan fingerprint density at radius 2 is 1.76 bits per heavy atom. The summed E-state index contributed by atoms with van der Waals surface area (Å²) in [6.45, 7) is 12.6. The number of nitrogen functional groups attached to an aromatic ring is 1. The molecule has 16 nitrogen and oxygen atoms in total. The van der Waals surface area contributed by atoms with Crippen LogP contribution in [0.25, 0.3) is 42.7 Å². The summed E-state index contributed by atoms with van der Waals surface area (Å²) in [7, 11) is 0. The maximum absolute atomic E-state index is 17.1. The zero-order valence-electron chi connectivity index (χ0n) is 42.8. The van der Waals surface area contributed by atoms with E-state index in [9.17, 15) is 23.9 Å². The van der Waals surface area contributed by atoms with Gasteiger partial charge in [0.05, 0.1) is 43.5 Å². The molecule has 2 bridgehead atoms. The molecule has 4 fully saturated rings. The summed E-state index contributed by atoms with van der Waals surface area (Å²) in [6.07, 6.45) is 4.56. The number of anilines is 2. The maximum Gasteiger partial charge on any atom is 0.319 e. The number of hydrogen-bond donors (Lipinski definition) is 5. The third-order valence-electron chi connectivity index (χ3n) is 15.2. The van der Waals surface area contributed by atoms with Crippen LogP contribution in [0.1, 0.15) is 96.4 Å². The topological polar surface area (TPSA) is 204 Å². The highest BCUT2D eigenvalue weighted by atomic mass is 35.5. The fraction of sp³-hybridized carbons (Fsp3) is 0.500. The monoisotopic (exact) mass is 1080 g/mol. The van der Waals surface area contributed by atoms with Crippen LogP contribution in [0.4, 0.5) is 19.7 Å². The average Bonchev–Trinajstić information content (AvgIpc) is 4.24. The highest BCUT2D eigenvalue weighted by Gasteiger charge is 2.45. The van der Waals surface area contributed by atoms with Crippen molar-refractivity contribution in [3.05, 3.63) is 75.9 Å². The summed E-state index contributed by atoms with van der Waals surface area (Å²) in [5.41, 5.74) is 10.6. The van der Waals surface area contributed by atoms with Gasteiger partial charge in [0.2, 0.25) is 17.7 Å². The lowest BCUT2D eigenvalue weighted by Crippen LogP contribution is -2.57. The van der Waals surface area contributed by atoms with Gasteiger partial charge in [-0.3, -0.25) is 19.3 Å². The number of ether oxygens (including phenoxy) is 1. The van der Waals surface area contributed by atoms with Gasteiger partial charge < -0.3 is 41.3 Å². The van der Waals surface area contributed by atoms with Crippen molar-refractivity contribution in [1.29, 1.82) is 0 Å². The van der Waals surface area contributed by atoms with Crippen molar-refractivity contribution in [3.63, 3.8) is 0 Å². The van der Waals surface area contributed by atoms with Gasteiger partial charge in [0.15, 0.2) is 10.9 Å². The number of β-amino-alcohol motifs (C(OH)–C–C–N with tert-alkyl or cyclic N) is 1. The molecule has 0 spiro atoms. The van der Waals surface area contributed by atoms with E-state index in [1.54, 1.807) is 17.4 Å². The van der Waals surface area contributed by atoms with Gasteiger partial charge in [-0.05, 0) is 100 Å². The zero-order chi connectivity index (χ0) is 52.9. The van der Waals surface area contributed by atoms with Crippen molar-refractivity contribution in [2.75, 3.05) is 50.0 Å². The molecule has 0 radical (unpaired) electrons. The minimum Gasteiger partial charge on any atom is -0.462 e. The number of halogens is 3. The molecule has 6 N–H and O–H groups in total. The molecule has 0 saturated carbocycles. The number of amides is 3. The first kappa shape index (κ1) is 52.8. The molecule has 10 rings (SSSR count). The molecule has 4 aliphatic heterocycles. The van der Waals surface area contributed by atoms with Gasteiger partial charge >= 0.3 is 6.01 Å². The van der Waals surface area contributed by atoms with Crippen LogP contribution in [0.2, 0.25) is 5.02 Å². The second-order valence-corrected chi connectivity index (χ2v) is 23.9. The highest BCUT2D eigenvalue weighted by molar-refractivity contribution is 7.22. The van der Waals surface area contributed by atoms with Crippen molar-refractivity contribution in [3.8, 4) is 27.6 Å². The zero-order valence-corrected chi connectivity index (χ0v) is 45.2. The number of rotatable bonds is 16. The van der Waals surface area contributed by atoms with Crippen LogP contribution < -0.4 is 31.3 Å². The van der Waals surface area contributed by atoms with E-state index in [0.717, 1.165) is 65.3 Å². The number of carbonyl (C=O) groups excluding carboxylic acids is 3. The smallest absolute Gasteiger partial charge is 0.319 e. The van der Waals surface area contributed by atoms with Crippen molar-refractivity contribution in [2.24, 2.45) is 5.41 Å². The van der Waals surface area contributed by atoms with Crippen molar-refractivity contribution < 1.29 is 33.0 Å². The fourth-order valence-electron chi connectivity index (χ4n) is 11.3. The first-order valence-corrected chi connectivity index (χ1v) is 28.0. The Balaban J connectivity index is 0.765. The summed E-state index contributed by atoms with van der Waals surface area (Å²) in [6, 6.07) is 10.8. The Bertz CT molecular complexity index is 3110. The van der Waals surface area contributed by atoms with Gasteiger partial charge in [-0.1, -0.05) is 68.0 Å². The number of aryl methyl sites for hydroxylation is 1. The third-order valence-corrected chi connectivity index (χ3v) is 17.4. The molecule has 0 aliphatic carbocycles. The number of thiazole rings is 2. The van der Waals surface area contributed by atoms with E-state index in [2.05, 4.69) is 40.7 Å². The van der Waals surface area contributed by atoms with Crippen LogP contribution in [-0.2, 0) is 14.4 Å². The van der Waals surface area contributed by atoms with E-state index in [-0.39, 0.29) is 99.4 Å². The number of carbonyl (C=O) groups is 3. The van der Waals surface area contributed by atoms with Gasteiger partial charge in [0, 0.05) is 67.1 Å². The SMILES string of the molecule is Cc1ncsc1-c1ccc([C@H](C)NC(=O)[C@@H]2C[C@@H](O)CN2C(=O)[C@@H](NC(=O)CCCCN2CCC[C@H]2COc2nc(N3CC4CCC(C3)N4)c3cc(Cl)c(-c4ccc(F)c5sc(N)nc45)c(F)c3n2)C(C)(C)C)cc1. The Hall–Kier alpha value is -5.64. The van der Waals surface area contributed by atoms with Gasteiger partial charge in [0.25, 0.3) is 0 Å². The van der Waals surface area contributed by atoms with E-state index >= 15 is 4.39 Å². The van der Waals surface area contributed by atoms with Crippen LogP contribution in [0.5, 0.6) is 6.01 Å². The molecule has 3 aromatic heterocycles. The Labute approximate surface area is 447 Å². The Morgan fingerprint density at radius 3 is 2.48 bits per heavy atom. The van der Waals surface area contributed by atoms with Gasteiger partial charge in [-0.15, -0.1) is 11.3 Å². The minimum atomic E-state index is -0.932. The molecular formula is C54H64ClF2N11O5S2. The number of unbranched alkanes of at least 4 members (excludes halogenated alkanes) is 1. The first-order valence-electron chi connectivity index (χ1n) is 25.9. The number of benzene rings is 3. The van der Waals surface area contributed by atoms with Crippen LogP contribution >= 0.6 is 34.3 Å². The van der Waals surface area contributed by atoms with E-state index in [4.69, 9.17) is 27.1 Å². The first-order chi connectivity index (χ1) is 35.9. The molecule has 4 aliphatic rings.